The summed E-state index contributed by atoms with van der Waals surface area (Å²) in [4.78, 5) is 4.96. The van der Waals surface area contributed by atoms with Gasteiger partial charge in [-0.15, -0.1) is 0 Å². The van der Waals surface area contributed by atoms with Crippen LogP contribution in [0, 0.1) is 0 Å². The van der Waals surface area contributed by atoms with Crippen LogP contribution >= 0.6 is 31.9 Å². The van der Waals surface area contributed by atoms with Crippen molar-refractivity contribution in [1.82, 2.24) is 0 Å². The fourth-order valence-corrected chi connectivity index (χ4v) is 26.2. The largest absolute Gasteiger partial charge is 1.00 e. The van der Waals surface area contributed by atoms with Crippen LogP contribution in [0.4, 0.5) is 45.5 Å². The molecule has 3 nitrogen and oxygen atoms in total. The Kier molecular flexibility index (Phi) is 21.3. The average molecular weight is 2040 g/mol. The van der Waals surface area contributed by atoms with Crippen LogP contribution in [0.15, 0.2) is 531 Å². The smallest absolute Gasteiger partial charge is 0.0729 e. The average Bonchev–Trinajstić information content (AvgIpc) is 1.47. The summed E-state index contributed by atoms with van der Waals surface area (Å²) in [6, 6.07) is 193. The lowest BCUT2D eigenvalue weighted by atomic mass is 9.66. The van der Waals surface area contributed by atoms with Gasteiger partial charge in [0.05, 0.1) is 33.0 Å². The number of anilines is 8. The Morgan fingerprint density at radius 2 is 0.390 bits per heavy atom. The summed E-state index contributed by atoms with van der Waals surface area (Å²) < 4.78 is 2.22. The highest BCUT2D eigenvalue weighted by Crippen LogP contribution is 2.78. The minimum atomic E-state index is -0.680. The highest BCUT2D eigenvalue weighted by Gasteiger charge is 2.66. The lowest BCUT2D eigenvalue weighted by Gasteiger charge is -2.37. The molecule has 21 aromatic rings. The molecule has 4 spiro atoms. The SMILES string of the molecule is Brc1ccc2c(c1)C1(C3=C2C2(c4cc(Br)ccc43)c3ccccc3-c3ccccc32)c2ccccc2-c2ccccc21.C.[I-].c1ccc(-c2ccccc2N(c2ccccc2)c2ccc3c(c2)C2(C4=C3C3(c5cc(N(c6ccccc6)c6ccccc6-c6ccccc6)ccc54)c4ccccc4-c4ccccc43)c3ccccc3-c3ccccc32)cc1.c1ccc(Nc2ccccc2-c2ccccc2)cc1. The first-order chi connectivity index (χ1) is 68.8. The summed E-state index contributed by atoms with van der Waals surface area (Å²) in [5.41, 5.74) is 51.3. The number of nitrogens with zero attached hydrogens (tertiary/aromatic N) is 2. The van der Waals surface area contributed by atoms with E-state index in [1.165, 1.54) is 189 Å². The molecule has 668 valence electrons. The fraction of sp³-hybridized carbons (Fsp3) is 0.0370. The second-order valence-electron chi connectivity index (χ2n) is 37.2. The zero-order valence-corrected chi connectivity index (χ0v) is 81.5. The first kappa shape index (κ1) is 86.7. The Morgan fingerprint density at radius 3 is 0.688 bits per heavy atom. The van der Waals surface area contributed by atoms with Crippen molar-refractivity contribution in [3.8, 4) is 77.9 Å². The van der Waals surface area contributed by atoms with E-state index in [1.807, 2.05) is 24.3 Å². The molecule has 0 aliphatic heterocycles. The molecule has 0 fully saturated rings. The van der Waals surface area contributed by atoms with Crippen LogP contribution in [-0.2, 0) is 21.7 Å². The highest BCUT2D eigenvalue weighted by molar-refractivity contribution is 9.10. The number of rotatable bonds is 11. The van der Waals surface area contributed by atoms with Gasteiger partial charge in [0.15, 0.2) is 0 Å². The number of nitrogens with one attached hydrogen (secondary N) is 1. The van der Waals surface area contributed by atoms with Gasteiger partial charge in [0.25, 0.3) is 0 Å². The second kappa shape index (κ2) is 34.7. The van der Waals surface area contributed by atoms with E-state index in [1.54, 1.807) is 0 Å². The molecule has 0 atom stereocenters. The van der Waals surface area contributed by atoms with Gasteiger partial charge in [0, 0.05) is 59.8 Å². The molecule has 21 aromatic carbocycles. The van der Waals surface area contributed by atoms with Gasteiger partial charge in [-0.3, -0.25) is 0 Å². The Balaban J connectivity index is 0.000000137. The van der Waals surface area contributed by atoms with Crippen molar-refractivity contribution in [3.05, 3.63) is 620 Å². The number of para-hydroxylation sites is 6. The molecule has 8 aliphatic rings. The normalized spacial score (nSPS) is 14.1. The van der Waals surface area contributed by atoms with Gasteiger partial charge in [0.1, 0.15) is 0 Å². The predicted octanol–water partition coefficient (Wildman–Crippen LogP) is 33.0. The first-order valence-electron chi connectivity index (χ1n) is 48.0. The third kappa shape index (κ3) is 12.8. The lowest BCUT2D eigenvalue weighted by Crippen LogP contribution is -3.00. The van der Waals surface area contributed by atoms with E-state index in [2.05, 4.69) is 544 Å². The van der Waals surface area contributed by atoms with E-state index in [4.69, 9.17) is 0 Å². The van der Waals surface area contributed by atoms with Gasteiger partial charge in [-0.2, -0.15) is 0 Å². The molecular formula is C135H91Br2IN3-. The molecule has 0 heterocycles. The molecule has 0 unspecified atom stereocenters. The van der Waals surface area contributed by atoms with Crippen molar-refractivity contribution in [3.63, 3.8) is 0 Å². The number of halogens is 3. The summed E-state index contributed by atoms with van der Waals surface area (Å²) in [5.74, 6) is 0. The van der Waals surface area contributed by atoms with Gasteiger partial charge in [0.2, 0.25) is 0 Å². The number of hydrogen-bond donors (Lipinski definition) is 1. The van der Waals surface area contributed by atoms with Crippen LogP contribution in [0.2, 0.25) is 0 Å². The van der Waals surface area contributed by atoms with Crippen molar-refractivity contribution in [2.45, 2.75) is 29.1 Å². The molecule has 29 rings (SSSR count). The summed E-state index contributed by atoms with van der Waals surface area (Å²) in [6.45, 7) is 0. The number of allylic oxidation sites excluding steroid dienone is 4. The molecule has 0 saturated heterocycles. The van der Waals surface area contributed by atoms with Crippen LogP contribution in [0.25, 0.3) is 100 Å². The van der Waals surface area contributed by atoms with Gasteiger partial charge in [-0.05, 0) is 276 Å². The van der Waals surface area contributed by atoms with E-state index in [-0.39, 0.29) is 31.4 Å². The number of hydrogen-bond acceptors (Lipinski definition) is 3. The maximum Gasteiger partial charge on any atom is 0.0729 e. The highest BCUT2D eigenvalue weighted by atomic mass is 127. The third-order valence-corrected chi connectivity index (χ3v) is 31.5. The van der Waals surface area contributed by atoms with Crippen molar-refractivity contribution in [1.29, 1.82) is 0 Å². The monoisotopic (exact) mass is 2040 g/mol. The van der Waals surface area contributed by atoms with Gasteiger partial charge in [-0.1, -0.05) is 458 Å². The summed E-state index contributed by atoms with van der Waals surface area (Å²) in [5, 5.41) is 3.47. The zero-order valence-electron chi connectivity index (χ0n) is 76.2. The van der Waals surface area contributed by atoms with Crippen LogP contribution < -0.4 is 39.1 Å². The molecule has 8 aliphatic carbocycles. The Labute approximate surface area is 857 Å². The standard InChI is InChI=1S/C76H50N2.C40H22Br2.C18H15N.CH4.HI/c1-5-25-51(26-6-1)57-33-17-23-43-71(57)77(53-29-9-3-10-30-53)55-45-47-63-69(49-55)75(65-39-19-13-35-59(65)60-36-14-20-40-66(60)75)74-64-48-46-56(50-70(64)76(73(63)74)67-41-21-15-37-61(67)62-38-16-22-42-68(62)76)78(54-31-11-4-12-32-54)72-44-24-18-34-58(72)52-27-7-2-8-28-52;41-23-17-19-29-35(21-23)39(31-13-5-1-9-25(31)26-10-2-6-14-32(26)39)37-30-20-18-24(42)22-36(30)40(38(29)37)33-15-7-3-11-27(33)28-12-4-8-16-34(28)40;1-3-9-15(10-4-1)17-13-7-8-14-18(17)19-16-11-5-2-6-12-16;;/h1-50H;1-22H;1-14,19H;1H4;1H/p-1. The molecule has 0 amide bonds. The first-order valence-corrected chi connectivity index (χ1v) is 49.6. The maximum atomic E-state index is 3.90. The van der Waals surface area contributed by atoms with E-state index in [9.17, 15) is 0 Å². The van der Waals surface area contributed by atoms with Crippen LogP contribution in [0.1, 0.15) is 96.4 Å². The zero-order chi connectivity index (χ0) is 92.1. The van der Waals surface area contributed by atoms with Crippen LogP contribution in [0.3, 0.4) is 0 Å². The molecule has 0 radical (unpaired) electrons. The van der Waals surface area contributed by atoms with E-state index < -0.39 is 21.7 Å². The molecule has 0 saturated carbocycles. The minimum absolute atomic E-state index is 0. The van der Waals surface area contributed by atoms with Crippen molar-refractivity contribution in [2.24, 2.45) is 0 Å². The summed E-state index contributed by atoms with van der Waals surface area (Å²) in [7, 11) is 0. The van der Waals surface area contributed by atoms with E-state index in [0.29, 0.717) is 0 Å². The second-order valence-corrected chi connectivity index (χ2v) is 39.0. The Morgan fingerprint density at radius 1 is 0.170 bits per heavy atom. The topological polar surface area (TPSA) is 18.5 Å². The predicted molar refractivity (Wildman–Crippen MR) is 590 cm³/mol. The van der Waals surface area contributed by atoms with E-state index in [0.717, 1.165) is 54.4 Å². The maximum absolute atomic E-state index is 3.90. The van der Waals surface area contributed by atoms with Crippen LogP contribution in [-0.4, -0.2) is 0 Å². The van der Waals surface area contributed by atoms with Crippen LogP contribution in [0.5, 0.6) is 0 Å². The quantitative estimate of drug-likeness (QED) is 0.130. The summed E-state index contributed by atoms with van der Waals surface area (Å²) in [6.07, 6.45) is 0. The summed E-state index contributed by atoms with van der Waals surface area (Å²) >= 11 is 7.80. The van der Waals surface area contributed by atoms with Crippen molar-refractivity contribution in [2.75, 3.05) is 15.1 Å². The fourth-order valence-electron chi connectivity index (χ4n) is 25.5. The number of fused-ring (bicyclic) bond motifs is 36. The number of benzene rings is 21. The van der Waals surface area contributed by atoms with E-state index >= 15 is 0 Å². The van der Waals surface area contributed by atoms with Crippen molar-refractivity contribution >= 4 is 99.7 Å². The molecule has 6 heteroatoms. The molecular weight excluding hydrogens is 1950 g/mol. The third-order valence-electron chi connectivity index (χ3n) is 30.5. The Hall–Kier alpha value is -15.8. The molecule has 0 bridgehead atoms. The van der Waals surface area contributed by atoms with Gasteiger partial charge >= 0.3 is 0 Å². The minimum Gasteiger partial charge on any atom is -1.00 e. The molecule has 141 heavy (non-hydrogen) atoms. The van der Waals surface area contributed by atoms with Gasteiger partial charge < -0.3 is 39.1 Å². The molecule has 0 aromatic heterocycles. The Bertz CT molecular complexity index is 8020. The van der Waals surface area contributed by atoms with Gasteiger partial charge in [-0.25, -0.2) is 0 Å². The lowest BCUT2D eigenvalue weighted by molar-refractivity contribution is -0.0000254. The molecule has 1 N–H and O–H groups in total. The van der Waals surface area contributed by atoms with Crippen molar-refractivity contribution < 1.29 is 24.0 Å².